The summed E-state index contributed by atoms with van der Waals surface area (Å²) in [5, 5.41) is 8.87. The number of thiophene rings is 1. The summed E-state index contributed by atoms with van der Waals surface area (Å²) in [5.74, 6) is 0.0795. The number of hydrogen-bond acceptors (Lipinski definition) is 6. The predicted octanol–water partition coefficient (Wildman–Crippen LogP) is 2.32. The van der Waals surface area contributed by atoms with Crippen LogP contribution in [0.1, 0.15) is 11.6 Å². The molecule has 0 saturated carbocycles. The molecule has 0 fully saturated rings. The van der Waals surface area contributed by atoms with Crippen molar-refractivity contribution >= 4 is 27.4 Å². The van der Waals surface area contributed by atoms with Crippen molar-refractivity contribution in [3.8, 4) is 0 Å². The molecule has 10 heteroatoms. The molecule has 22 heavy (non-hydrogen) atoms. The van der Waals surface area contributed by atoms with Crippen molar-refractivity contribution in [3.05, 3.63) is 29.4 Å². The van der Waals surface area contributed by atoms with Crippen LogP contribution in [0.15, 0.2) is 17.8 Å². The summed E-state index contributed by atoms with van der Waals surface area (Å²) in [7, 11) is 0. The molecule has 114 valence electrons. The lowest BCUT2D eigenvalue weighted by atomic mass is 10.3. The lowest BCUT2D eigenvalue weighted by Crippen LogP contribution is -2.35. The first-order valence-electron chi connectivity index (χ1n) is 6.46. The molecular weight excluding hydrogens is 317 g/mol. The maximum atomic E-state index is 12.8. The molecule has 0 aliphatic carbocycles. The van der Waals surface area contributed by atoms with E-state index in [1.807, 2.05) is 16.3 Å². The van der Waals surface area contributed by atoms with E-state index < -0.39 is 12.0 Å². The highest BCUT2D eigenvalue weighted by Crippen LogP contribution is 2.32. The zero-order chi connectivity index (χ0) is 15.3. The van der Waals surface area contributed by atoms with E-state index in [0.29, 0.717) is 12.4 Å². The molecular formula is C12H9F3N6S. The Hall–Kier alpha value is -2.23. The van der Waals surface area contributed by atoms with Crippen molar-refractivity contribution in [2.75, 3.05) is 11.4 Å². The van der Waals surface area contributed by atoms with E-state index in [1.54, 1.807) is 0 Å². The van der Waals surface area contributed by atoms with Crippen molar-refractivity contribution in [2.24, 2.45) is 0 Å². The molecule has 0 amide bonds. The van der Waals surface area contributed by atoms with Crippen LogP contribution in [0, 0.1) is 0 Å². The van der Waals surface area contributed by atoms with Gasteiger partial charge in [0.1, 0.15) is 12.1 Å². The van der Waals surface area contributed by atoms with Gasteiger partial charge in [-0.3, -0.25) is 0 Å². The summed E-state index contributed by atoms with van der Waals surface area (Å²) in [6.45, 7) is 0.833. The van der Waals surface area contributed by atoms with E-state index in [9.17, 15) is 13.2 Å². The summed E-state index contributed by atoms with van der Waals surface area (Å²) in [6, 6.07) is 1.89. The van der Waals surface area contributed by atoms with Gasteiger partial charge in [0.15, 0.2) is 5.82 Å². The van der Waals surface area contributed by atoms with Crippen molar-refractivity contribution in [3.63, 3.8) is 0 Å². The van der Waals surface area contributed by atoms with Crippen LogP contribution in [0.25, 0.3) is 10.2 Å². The van der Waals surface area contributed by atoms with Crippen LogP contribution in [-0.2, 0) is 19.3 Å². The second kappa shape index (κ2) is 4.63. The van der Waals surface area contributed by atoms with Crippen molar-refractivity contribution in [1.82, 2.24) is 24.7 Å². The molecule has 3 aromatic rings. The molecule has 0 unspecified atom stereocenters. The Kier molecular flexibility index (Phi) is 2.83. The first-order valence-corrected chi connectivity index (χ1v) is 7.34. The van der Waals surface area contributed by atoms with Crippen LogP contribution in [0.3, 0.4) is 0 Å². The van der Waals surface area contributed by atoms with E-state index in [1.165, 1.54) is 17.7 Å². The topological polar surface area (TPSA) is 59.7 Å². The first-order chi connectivity index (χ1) is 10.5. The molecule has 0 radical (unpaired) electrons. The van der Waals surface area contributed by atoms with Crippen molar-refractivity contribution in [1.29, 1.82) is 0 Å². The molecule has 0 saturated heterocycles. The zero-order valence-corrected chi connectivity index (χ0v) is 11.9. The van der Waals surface area contributed by atoms with Crippen LogP contribution in [0.5, 0.6) is 0 Å². The van der Waals surface area contributed by atoms with E-state index in [0.717, 1.165) is 20.6 Å². The Morgan fingerprint density at radius 2 is 2.00 bits per heavy atom. The van der Waals surface area contributed by atoms with Crippen LogP contribution >= 0.6 is 11.3 Å². The Labute approximate surface area is 126 Å². The molecule has 6 nitrogen and oxygen atoms in total. The fourth-order valence-corrected chi connectivity index (χ4v) is 3.41. The van der Waals surface area contributed by atoms with E-state index in [-0.39, 0.29) is 13.1 Å². The quantitative estimate of drug-likeness (QED) is 0.687. The zero-order valence-electron chi connectivity index (χ0n) is 11.1. The minimum absolute atomic E-state index is 0.175. The number of fused-ring (bicyclic) bond motifs is 2. The van der Waals surface area contributed by atoms with E-state index >= 15 is 0 Å². The minimum Gasteiger partial charge on any atom is -0.346 e. The Balaban J connectivity index is 1.71. The third-order valence-electron chi connectivity index (χ3n) is 3.53. The highest BCUT2D eigenvalue weighted by atomic mass is 32.1. The standard InChI is InChI=1S/C12H9F3N6S/c13-12(14,15)11-19-18-8-5-20(2-3-21(8)11)10-9-7(1-4-22-9)16-6-17-10/h1,4,6H,2-3,5H2. The number of alkyl halides is 3. The second-order valence-corrected chi connectivity index (χ2v) is 5.76. The van der Waals surface area contributed by atoms with Crippen molar-refractivity contribution < 1.29 is 13.2 Å². The lowest BCUT2D eigenvalue weighted by molar-refractivity contribution is -0.147. The van der Waals surface area contributed by atoms with Gasteiger partial charge < -0.3 is 9.47 Å². The first kappa shape index (κ1) is 13.4. The highest BCUT2D eigenvalue weighted by molar-refractivity contribution is 7.17. The molecule has 0 atom stereocenters. The van der Waals surface area contributed by atoms with Crippen LogP contribution in [-0.4, -0.2) is 31.3 Å². The molecule has 1 aliphatic rings. The van der Waals surface area contributed by atoms with Gasteiger partial charge in [0.2, 0.25) is 5.82 Å². The summed E-state index contributed by atoms with van der Waals surface area (Å²) >= 11 is 1.51. The van der Waals surface area contributed by atoms with Gasteiger partial charge in [0.25, 0.3) is 0 Å². The number of aromatic nitrogens is 5. The van der Waals surface area contributed by atoms with Gasteiger partial charge in [-0.1, -0.05) is 0 Å². The number of nitrogens with zero attached hydrogens (tertiary/aromatic N) is 6. The van der Waals surface area contributed by atoms with E-state index in [2.05, 4.69) is 20.2 Å². The van der Waals surface area contributed by atoms with Crippen LogP contribution < -0.4 is 4.90 Å². The third-order valence-corrected chi connectivity index (χ3v) is 4.43. The molecule has 0 bridgehead atoms. The molecule has 4 heterocycles. The van der Waals surface area contributed by atoms with Gasteiger partial charge in [-0.15, -0.1) is 21.5 Å². The maximum Gasteiger partial charge on any atom is 0.451 e. The third kappa shape index (κ3) is 2.02. The van der Waals surface area contributed by atoms with Gasteiger partial charge in [0.05, 0.1) is 16.8 Å². The molecule has 0 N–H and O–H groups in total. The summed E-state index contributed by atoms with van der Waals surface area (Å²) < 4.78 is 40.6. The summed E-state index contributed by atoms with van der Waals surface area (Å²) in [6.07, 6.45) is -3.02. The van der Waals surface area contributed by atoms with Crippen LogP contribution in [0.2, 0.25) is 0 Å². The Bertz CT molecular complexity index is 839. The maximum absolute atomic E-state index is 12.8. The van der Waals surface area contributed by atoms with Crippen molar-refractivity contribution in [2.45, 2.75) is 19.3 Å². The molecule has 0 spiro atoms. The predicted molar refractivity (Wildman–Crippen MR) is 73.5 cm³/mol. The normalized spacial score (nSPS) is 15.3. The molecule has 3 aromatic heterocycles. The SMILES string of the molecule is FC(F)(F)c1nnc2n1CCN(c1ncnc3ccsc13)C2. The van der Waals surface area contributed by atoms with Gasteiger partial charge in [-0.05, 0) is 11.4 Å². The number of rotatable bonds is 1. The Morgan fingerprint density at radius 3 is 2.82 bits per heavy atom. The highest BCUT2D eigenvalue weighted by Gasteiger charge is 2.39. The van der Waals surface area contributed by atoms with E-state index in [4.69, 9.17) is 0 Å². The fourth-order valence-electron chi connectivity index (χ4n) is 2.55. The number of anilines is 1. The Morgan fingerprint density at radius 1 is 1.14 bits per heavy atom. The number of halogens is 3. The second-order valence-electron chi connectivity index (χ2n) is 4.84. The average Bonchev–Trinajstić information content (AvgIpc) is 3.11. The molecule has 1 aliphatic heterocycles. The molecule has 0 aromatic carbocycles. The van der Waals surface area contributed by atoms with Gasteiger partial charge in [0, 0.05) is 13.1 Å². The van der Waals surface area contributed by atoms with Gasteiger partial charge in [-0.25, -0.2) is 9.97 Å². The average molecular weight is 326 g/mol. The lowest BCUT2D eigenvalue weighted by Gasteiger charge is -2.29. The molecule has 4 rings (SSSR count). The summed E-state index contributed by atoms with van der Waals surface area (Å²) in [4.78, 5) is 10.4. The van der Waals surface area contributed by atoms with Gasteiger partial charge >= 0.3 is 6.18 Å². The van der Waals surface area contributed by atoms with Gasteiger partial charge in [-0.2, -0.15) is 13.2 Å². The van der Waals surface area contributed by atoms with Crippen LogP contribution in [0.4, 0.5) is 19.0 Å². The smallest absolute Gasteiger partial charge is 0.346 e. The number of hydrogen-bond donors (Lipinski definition) is 0. The monoisotopic (exact) mass is 326 g/mol. The summed E-state index contributed by atoms with van der Waals surface area (Å²) in [5.41, 5.74) is 0.832. The minimum atomic E-state index is -4.48. The fraction of sp³-hybridized carbons (Fsp3) is 0.333. The largest absolute Gasteiger partial charge is 0.451 e.